The number of fused-ring (bicyclic) bond motifs is 1. The summed E-state index contributed by atoms with van der Waals surface area (Å²) in [4.78, 5) is 79.9. The van der Waals surface area contributed by atoms with E-state index in [1.165, 1.54) is 16.0 Å². The van der Waals surface area contributed by atoms with Crippen LogP contribution >= 0.6 is 0 Å². The summed E-state index contributed by atoms with van der Waals surface area (Å²) >= 11 is 0. The molecule has 18 nitrogen and oxygen atoms in total. The second-order valence-corrected chi connectivity index (χ2v) is 22.4. The molecule has 0 saturated carbocycles. The molecule has 5 amide bonds. The van der Waals surface area contributed by atoms with Gasteiger partial charge in [-0.2, -0.15) is 0 Å². The summed E-state index contributed by atoms with van der Waals surface area (Å²) in [6.45, 7) is 20.7. The number of anilines is 1. The molecule has 4 saturated heterocycles. The minimum Gasteiger partial charge on any atom is -0.464 e. The smallest absolute Gasteiger partial charge is 0.323 e. The molecule has 4 atom stereocenters. The van der Waals surface area contributed by atoms with E-state index in [4.69, 9.17) is 23.9 Å². The molecule has 4 aliphatic rings. The van der Waals surface area contributed by atoms with Gasteiger partial charge in [-0.1, -0.05) is 34.3 Å². The number of ether oxygens (including phenoxy) is 4. The van der Waals surface area contributed by atoms with Gasteiger partial charge in [0, 0.05) is 104 Å². The van der Waals surface area contributed by atoms with Crippen LogP contribution in [-0.2, 0) is 51.1 Å². The third-order valence-corrected chi connectivity index (χ3v) is 15.9. The molecule has 6 radical (unpaired) electrons. The summed E-state index contributed by atoms with van der Waals surface area (Å²) in [5.41, 5.74) is 8.17. The molecule has 1 spiro atoms. The van der Waals surface area contributed by atoms with E-state index in [1.54, 1.807) is 30.2 Å². The lowest BCUT2D eigenvalue weighted by Gasteiger charge is -2.47. The van der Waals surface area contributed by atoms with Crippen LogP contribution in [0.1, 0.15) is 84.6 Å². The van der Waals surface area contributed by atoms with Gasteiger partial charge >= 0.3 is 12.0 Å². The normalized spacial score (nSPS) is 21.3. The fourth-order valence-corrected chi connectivity index (χ4v) is 11.5. The molecule has 394 valence electrons. The molecule has 2 aromatic heterocycles. The number of hydrazine groups is 1. The molecule has 6 heterocycles. The van der Waals surface area contributed by atoms with E-state index in [-0.39, 0.29) is 43.2 Å². The number of hydrogen-bond donors (Lipinski definition) is 2. The Bertz CT molecular complexity index is 2500. The van der Waals surface area contributed by atoms with Crippen LogP contribution < -0.4 is 15.6 Å². The molecular weight excluding hydrogens is 963 g/mol. The Morgan fingerprint density at radius 3 is 2.49 bits per heavy atom. The molecule has 0 bridgehead atoms. The average molecular weight is 1040 g/mol. The van der Waals surface area contributed by atoms with Crippen molar-refractivity contribution in [3.05, 3.63) is 60.4 Å². The molecule has 4 fully saturated rings. The summed E-state index contributed by atoms with van der Waals surface area (Å²) in [7, 11) is 10.6. The number of carbonyl (C=O) groups is 5. The number of esters is 1. The van der Waals surface area contributed by atoms with E-state index in [9.17, 15) is 24.0 Å². The number of aromatic nitrogens is 2. The lowest BCUT2D eigenvalue weighted by Crippen LogP contribution is -2.66. The van der Waals surface area contributed by atoms with E-state index >= 15 is 0 Å². The standard InChI is InChI=1S/C53H75N9O9Si2/c1-10-43(63)60-25-27-71-52(33-60)18-22-58(23-19-52)50(67)57(8)46(35(3)4)48(65)55-30-44(64)62-21-13-17-53(73,56-62)49(66)70-34-51(6,7)29-41-40-28-37(59-24-26-69-38(31-59)32-72)15-16-42(40)61(11-2)47(41)39-14-12-20-54-45(39)36(5)68-9/h10,12,14-16,20,28,35-36,38,46,56H,1,11,13,17-19,21-27,29-34H2,2-9H3,(H,55,65)/t36-,38+,46-,53-/m0/s1. The van der Waals surface area contributed by atoms with Gasteiger partial charge in [0.05, 0.1) is 72.3 Å². The molecule has 7 rings (SSSR count). The number of likely N-dealkylation sites (tertiary alicyclic amines) is 1. The summed E-state index contributed by atoms with van der Waals surface area (Å²) in [5, 5.41) is 3.81. The van der Waals surface area contributed by atoms with Crippen LogP contribution in [0.3, 0.4) is 0 Å². The predicted molar refractivity (Wildman–Crippen MR) is 281 cm³/mol. The molecular formula is C53H75N9O9Si2. The Labute approximate surface area is 437 Å². The van der Waals surface area contributed by atoms with Crippen molar-refractivity contribution in [3.8, 4) is 11.3 Å². The molecule has 3 aromatic rings. The number of carbonyl (C=O) groups excluding carboxylic acids is 5. The SMILES string of the molecule is C=CC(=O)N1CCOC2(CCN(C(=O)N(C)[C@H](C(=O)NCC(=O)N3CCC[C@]([Si])(C(=O)OCC(C)(C)Cc4c(-c5cccnc5[C@H](C)OC)n(CC)c5ccc(N6CCO[C@@H](C[Si])C6)cc45)N3)C(C)C)CC2)C1. The molecule has 73 heavy (non-hydrogen) atoms. The second-order valence-electron chi connectivity index (χ2n) is 21.1. The second kappa shape index (κ2) is 23.6. The summed E-state index contributed by atoms with van der Waals surface area (Å²) in [6.07, 6.45) is 5.42. The van der Waals surface area contributed by atoms with Gasteiger partial charge in [-0.05, 0) is 99.9 Å². The highest BCUT2D eigenvalue weighted by atomic mass is 28.1. The van der Waals surface area contributed by atoms with Gasteiger partial charge < -0.3 is 48.4 Å². The molecule has 4 aliphatic heterocycles. The van der Waals surface area contributed by atoms with Crippen LogP contribution in [0.4, 0.5) is 10.5 Å². The van der Waals surface area contributed by atoms with Crippen molar-refractivity contribution < 1.29 is 42.9 Å². The Hall–Kier alpha value is -5.13. The third-order valence-electron chi connectivity index (χ3n) is 14.9. The molecule has 2 N–H and O–H groups in total. The maximum atomic E-state index is 14.1. The Morgan fingerprint density at radius 1 is 1.05 bits per heavy atom. The maximum absolute atomic E-state index is 14.1. The van der Waals surface area contributed by atoms with Gasteiger partial charge in [0.25, 0.3) is 5.91 Å². The fourth-order valence-electron chi connectivity index (χ4n) is 10.8. The quantitative estimate of drug-likeness (QED) is 0.111. The minimum absolute atomic E-state index is 0.0799. The summed E-state index contributed by atoms with van der Waals surface area (Å²) in [5.74, 6) is -1.89. The fraction of sp³-hybridized carbons (Fsp3) is 0.623. The first-order valence-corrected chi connectivity index (χ1v) is 27.0. The van der Waals surface area contributed by atoms with Crippen LogP contribution in [0.5, 0.6) is 0 Å². The first-order valence-electron chi connectivity index (χ1n) is 25.8. The number of methoxy groups -OCH3 is 1. The van der Waals surface area contributed by atoms with Gasteiger partial charge in [0.1, 0.15) is 11.2 Å². The molecule has 1 aromatic carbocycles. The van der Waals surface area contributed by atoms with Gasteiger partial charge in [0.15, 0.2) is 0 Å². The monoisotopic (exact) mass is 1040 g/mol. The van der Waals surface area contributed by atoms with E-state index in [0.29, 0.717) is 84.6 Å². The first-order chi connectivity index (χ1) is 34.8. The lowest BCUT2D eigenvalue weighted by atomic mass is 9.84. The van der Waals surface area contributed by atoms with Crippen LogP contribution in [0, 0.1) is 11.3 Å². The van der Waals surface area contributed by atoms with Crippen LogP contribution in [-0.4, -0.2) is 189 Å². The Morgan fingerprint density at radius 2 is 1.81 bits per heavy atom. The number of piperidine rings is 1. The molecule has 0 unspecified atom stereocenters. The van der Waals surface area contributed by atoms with Crippen molar-refractivity contribution in [2.24, 2.45) is 11.3 Å². The lowest BCUT2D eigenvalue weighted by molar-refractivity contribution is -0.157. The molecule has 20 heteroatoms. The first kappa shape index (κ1) is 55.6. The Kier molecular flexibility index (Phi) is 18.0. The van der Waals surface area contributed by atoms with Gasteiger partial charge in [-0.25, -0.2) is 10.2 Å². The average Bonchev–Trinajstić information content (AvgIpc) is 3.69. The number of nitrogens with one attached hydrogen (secondary N) is 2. The van der Waals surface area contributed by atoms with E-state index < -0.39 is 40.0 Å². The number of amides is 5. The predicted octanol–water partition coefficient (Wildman–Crippen LogP) is 4.40. The summed E-state index contributed by atoms with van der Waals surface area (Å²) in [6, 6.07) is 10.3. The van der Waals surface area contributed by atoms with Crippen molar-refractivity contribution >= 4 is 66.8 Å². The zero-order valence-electron chi connectivity index (χ0n) is 44.1. The highest BCUT2D eigenvalue weighted by Gasteiger charge is 2.44. The van der Waals surface area contributed by atoms with Crippen LogP contribution in [0.2, 0.25) is 6.04 Å². The van der Waals surface area contributed by atoms with Gasteiger partial charge in [-0.3, -0.25) is 29.2 Å². The zero-order valence-corrected chi connectivity index (χ0v) is 46.1. The van der Waals surface area contributed by atoms with E-state index in [2.05, 4.69) is 92.3 Å². The van der Waals surface area contributed by atoms with E-state index in [1.807, 2.05) is 26.8 Å². The number of hydrogen-bond acceptors (Lipinski definition) is 12. The van der Waals surface area contributed by atoms with Gasteiger partial charge in [-0.15, -0.1) is 0 Å². The number of pyridine rings is 1. The molecule has 0 aliphatic carbocycles. The van der Waals surface area contributed by atoms with Crippen molar-refractivity contribution in [3.63, 3.8) is 0 Å². The number of urea groups is 1. The third kappa shape index (κ3) is 12.4. The van der Waals surface area contributed by atoms with Crippen molar-refractivity contribution in [2.75, 3.05) is 91.2 Å². The number of morpholine rings is 2. The zero-order chi connectivity index (χ0) is 52.8. The number of benzene rings is 1. The number of likely N-dealkylation sites (N-methyl/N-ethyl adjacent to an activating group) is 1. The van der Waals surface area contributed by atoms with E-state index in [0.717, 1.165) is 58.2 Å². The number of aryl methyl sites for hydroxylation is 1. The minimum atomic E-state index is -1.40. The Balaban J connectivity index is 0.999. The summed E-state index contributed by atoms with van der Waals surface area (Å²) < 4.78 is 26.5. The van der Waals surface area contributed by atoms with Crippen LogP contribution in [0.25, 0.3) is 22.2 Å². The number of rotatable bonds is 17. The number of nitrogens with zero attached hydrogens (tertiary/aromatic N) is 7. The van der Waals surface area contributed by atoms with Crippen molar-refractivity contribution in [1.82, 2.24) is 40.0 Å². The highest BCUT2D eigenvalue weighted by Crippen LogP contribution is 2.42. The van der Waals surface area contributed by atoms with Crippen molar-refractivity contribution in [1.29, 1.82) is 0 Å². The largest absolute Gasteiger partial charge is 0.464 e. The van der Waals surface area contributed by atoms with Crippen molar-refractivity contribution in [2.45, 2.75) is 115 Å². The topological polar surface area (TPSA) is 180 Å². The maximum Gasteiger partial charge on any atom is 0.323 e. The van der Waals surface area contributed by atoms with Crippen LogP contribution in [0.15, 0.2) is 49.2 Å². The highest BCUT2D eigenvalue weighted by molar-refractivity contribution is 6.27. The van der Waals surface area contributed by atoms with Gasteiger partial charge in [0.2, 0.25) is 11.8 Å².